The number of amides is 2. The standard InChI is InChI=1S/C24H23FN4O5S/c1-11-19(21(30)23(32)29-24(2)9-35(33,34)10-24)18(7-16-14-6-15(14)16)28-20(11)22(31)27-13-3-4-17(25)12(5-13)8-26/h3-5,14-16,28H,6-7,9-10H2,1-2H3,(H,27,31)(H,29,32)/t14-,15?,16?/m1/s1. The monoisotopic (exact) mass is 498 g/mol. The molecule has 1 aromatic carbocycles. The Labute approximate surface area is 201 Å². The van der Waals surface area contributed by atoms with E-state index >= 15 is 0 Å². The number of hydrogen-bond acceptors (Lipinski definition) is 6. The Morgan fingerprint density at radius 1 is 1.26 bits per heavy atom. The third-order valence-corrected chi connectivity index (χ3v) is 9.27. The van der Waals surface area contributed by atoms with Crippen molar-refractivity contribution in [3.05, 3.63) is 52.1 Å². The molecule has 2 saturated carbocycles. The molecule has 3 N–H and O–H groups in total. The highest BCUT2D eigenvalue weighted by Crippen LogP contribution is 2.69. The number of nitrogens with zero attached hydrogens (tertiary/aromatic N) is 1. The van der Waals surface area contributed by atoms with E-state index in [1.54, 1.807) is 19.9 Å². The Morgan fingerprint density at radius 2 is 1.94 bits per heavy atom. The van der Waals surface area contributed by atoms with Crippen LogP contribution in [0, 0.1) is 41.8 Å². The normalized spacial score (nSPS) is 24.3. The second kappa shape index (κ2) is 7.75. The van der Waals surface area contributed by atoms with Gasteiger partial charge in [-0.1, -0.05) is 0 Å². The van der Waals surface area contributed by atoms with E-state index in [0.29, 0.717) is 35.4 Å². The number of aromatic nitrogens is 1. The van der Waals surface area contributed by atoms with E-state index in [1.165, 1.54) is 12.1 Å². The number of nitrogens with one attached hydrogen (secondary N) is 3. The summed E-state index contributed by atoms with van der Waals surface area (Å²) in [6.07, 6.45) is 1.68. The van der Waals surface area contributed by atoms with Gasteiger partial charge in [0, 0.05) is 11.4 Å². The van der Waals surface area contributed by atoms with Gasteiger partial charge in [-0.25, -0.2) is 12.8 Å². The van der Waals surface area contributed by atoms with Crippen LogP contribution in [0.5, 0.6) is 0 Å². The van der Waals surface area contributed by atoms with E-state index in [4.69, 9.17) is 5.26 Å². The lowest BCUT2D eigenvalue weighted by molar-refractivity contribution is -0.118. The zero-order valence-electron chi connectivity index (χ0n) is 19.1. The molecule has 0 bridgehead atoms. The van der Waals surface area contributed by atoms with Crippen molar-refractivity contribution in [1.82, 2.24) is 10.3 Å². The second-order valence-electron chi connectivity index (χ2n) is 10.0. The van der Waals surface area contributed by atoms with Crippen LogP contribution in [0.1, 0.15) is 51.0 Å². The Bertz CT molecular complexity index is 1430. The number of sulfone groups is 1. The highest BCUT2D eigenvalue weighted by Gasteiger charge is 2.63. The van der Waals surface area contributed by atoms with Gasteiger partial charge < -0.3 is 15.6 Å². The van der Waals surface area contributed by atoms with E-state index in [2.05, 4.69) is 15.6 Å². The molecule has 2 aliphatic carbocycles. The first-order valence-corrected chi connectivity index (χ1v) is 13.0. The summed E-state index contributed by atoms with van der Waals surface area (Å²) in [6.45, 7) is 3.13. The van der Waals surface area contributed by atoms with Gasteiger partial charge in [0.05, 0.1) is 28.2 Å². The minimum absolute atomic E-state index is 0.0886. The van der Waals surface area contributed by atoms with Gasteiger partial charge in [-0.2, -0.15) is 5.26 Å². The van der Waals surface area contributed by atoms with Crippen LogP contribution in [-0.4, -0.2) is 48.0 Å². The number of carbonyl (C=O) groups is 3. The average molecular weight is 499 g/mol. The van der Waals surface area contributed by atoms with Crippen LogP contribution in [0.25, 0.3) is 0 Å². The van der Waals surface area contributed by atoms with Gasteiger partial charge >= 0.3 is 0 Å². The number of benzene rings is 1. The van der Waals surface area contributed by atoms with Gasteiger partial charge in [0.2, 0.25) is 0 Å². The van der Waals surface area contributed by atoms with Crippen molar-refractivity contribution in [3.8, 4) is 6.07 Å². The molecule has 9 nitrogen and oxygen atoms in total. The summed E-state index contributed by atoms with van der Waals surface area (Å²) >= 11 is 0. The molecule has 2 heterocycles. The Kier molecular flexibility index (Phi) is 5.14. The lowest BCUT2D eigenvalue weighted by Gasteiger charge is -2.38. The summed E-state index contributed by atoms with van der Waals surface area (Å²) in [5.41, 5.74) is -0.0354. The fourth-order valence-corrected chi connectivity index (χ4v) is 7.13. The number of H-pyrrole nitrogens is 1. The first-order valence-electron chi connectivity index (χ1n) is 11.2. The SMILES string of the molecule is Cc1c(C(=O)Nc2ccc(F)c(C#N)c2)[nH]c(CC2C3C[C@@H]23)c1C(=O)C(=O)NC1(C)CS(=O)(=O)C1. The molecule has 0 radical (unpaired) electrons. The smallest absolute Gasteiger partial charge is 0.292 e. The predicted octanol–water partition coefficient (Wildman–Crippen LogP) is 1.88. The van der Waals surface area contributed by atoms with Crippen molar-refractivity contribution in [2.75, 3.05) is 16.8 Å². The maximum Gasteiger partial charge on any atom is 0.292 e. The number of nitriles is 1. The number of rotatable bonds is 7. The summed E-state index contributed by atoms with van der Waals surface area (Å²) in [4.78, 5) is 42.0. The number of carbonyl (C=O) groups excluding carboxylic acids is 3. The molecule has 1 saturated heterocycles. The van der Waals surface area contributed by atoms with E-state index in [0.717, 1.165) is 12.5 Å². The number of fused-ring (bicyclic) bond motifs is 1. The molecule has 5 rings (SSSR count). The number of ketones is 1. The highest BCUT2D eigenvalue weighted by molar-refractivity contribution is 7.93. The van der Waals surface area contributed by atoms with E-state index < -0.39 is 38.8 Å². The zero-order chi connectivity index (χ0) is 25.3. The Hall–Kier alpha value is -3.52. The van der Waals surface area contributed by atoms with Crippen LogP contribution >= 0.6 is 0 Å². The molecule has 11 heteroatoms. The average Bonchev–Trinajstić information content (AvgIpc) is 3.65. The largest absolute Gasteiger partial charge is 0.354 e. The number of anilines is 1. The first kappa shape index (κ1) is 23.2. The van der Waals surface area contributed by atoms with Gasteiger partial charge in [0.1, 0.15) is 17.6 Å². The van der Waals surface area contributed by atoms with Crippen molar-refractivity contribution in [3.63, 3.8) is 0 Å². The second-order valence-corrected chi connectivity index (χ2v) is 12.1. The van der Waals surface area contributed by atoms with Crippen LogP contribution < -0.4 is 10.6 Å². The maximum atomic E-state index is 13.6. The summed E-state index contributed by atoms with van der Waals surface area (Å²) in [5, 5.41) is 14.2. The van der Waals surface area contributed by atoms with Crippen LogP contribution in [0.2, 0.25) is 0 Å². The molecule has 3 atom stereocenters. The van der Waals surface area contributed by atoms with Crippen LogP contribution in [0.3, 0.4) is 0 Å². The molecule has 2 amide bonds. The van der Waals surface area contributed by atoms with Crippen LogP contribution in [0.4, 0.5) is 10.1 Å². The minimum atomic E-state index is -3.22. The highest BCUT2D eigenvalue weighted by atomic mass is 32.2. The van der Waals surface area contributed by atoms with Crippen molar-refractivity contribution in [2.45, 2.75) is 32.2 Å². The molecule has 1 aliphatic heterocycles. The molecule has 2 aromatic rings. The van der Waals surface area contributed by atoms with Crippen LogP contribution in [0.15, 0.2) is 18.2 Å². The van der Waals surface area contributed by atoms with Gasteiger partial charge in [-0.3, -0.25) is 14.4 Å². The van der Waals surface area contributed by atoms with Crippen molar-refractivity contribution in [1.29, 1.82) is 5.26 Å². The van der Waals surface area contributed by atoms with Crippen LogP contribution in [-0.2, 0) is 21.1 Å². The van der Waals surface area contributed by atoms with E-state index in [9.17, 15) is 27.2 Å². The van der Waals surface area contributed by atoms with E-state index in [-0.39, 0.29) is 34.0 Å². The first-order chi connectivity index (χ1) is 16.4. The van der Waals surface area contributed by atoms with Gasteiger partial charge in [0.15, 0.2) is 9.84 Å². The third-order valence-electron chi connectivity index (χ3n) is 7.11. The molecule has 35 heavy (non-hydrogen) atoms. The number of hydrogen-bond donors (Lipinski definition) is 3. The van der Waals surface area contributed by atoms with Gasteiger partial charge in [0.25, 0.3) is 17.6 Å². The zero-order valence-corrected chi connectivity index (χ0v) is 19.9. The lowest BCUT2D eigenvalue weighted by Crippen LogP contribution is -2.64. The van der Waals surface area contributed by atoms with E-state index in [1.807, 2.05) is 0 Å². The molecule has 182 valence electrons. The Balaban J connectivity index is 1.40. The molecule has 2 unspecified atom stereocenters. The number of aromatic amines is 1. The molecule has 3 fully saturated rings. The number of Topliss-reactive ketones (excluding diaryl/α,β-unsaturated/α-hetero) is 1. The number of halogens is 1. The quantitative estimate of drug-likeness (QED) is 0.392. The Morgan fingerprint density at radius 3 is 2.51 bits per heavy atom. The van der Waals surface area contributed by atoms with Crippen molar-refractivity contribution < 1.29 is 27.2 Å². The maximum absolute atomic E-state index is 13.6. The molecular formula is C24H23FN4O5S. The fourth-order valence-electron chi connectivity index (χ4n) is 5.13. The predicted molar refractivity (Wildman–Crippen MR) is 123 cm³/mol. The topological polar surface area (TPSA) is 149 Å². The van der Waals surface area contributed by atoms with Crippen molar-refractivity contribution >= 4 is 33.1 Å². The summed E-state index contributed by atoms with van der Waals surface area (Å²) in [5.74, 6) is -1.89. The summed E-state index contributed by atoms with van der Waals surface area (Å²) < 4.78 is 36.7. The molecule has 1 aromatic heterocycles. The molecule has 0 spiro atoms. The van der Waals surface area contributed by atoms with Gasteiger partial charge in [-0.05, 0) is 68.2 Å². The summed E-state index contributed by atoms with van der Waals surface area (Å²) in [6, 6.07) is 5.30. The lowest BCUT2D eigenvalue weighted by atomic mass is 9.98. The molecular weight excluding hydrogens is 475 g/mol. The van der Waals surface area contributed by atoms with Gasteiger partial charge in [-0.15, -0.1) is 0 Å². The molecule has 3 aliphatic rings. The fraction of sp³-hybridized carbons (Fsp3) is 0.417. The van der Waals surface area contributed by atoms with Crippen molar-refractivity contribution in [2.24, 2.45) is 17.8 Å². The minimum Gasteiger partial charge on any atom is -0.354 e. The third kappa shape index (κ3) is 4.23. The summed E-state index contributed by atoms with van der Waals surface area (Å²) in [7, 11) is -3.22.